The Morgan fingerprint density at radius 2 is 1.79 bits per heavy atom. The maximum atomic E-state index is 13.6. The summed E-state index contributed by atoms with van der Waals surface area (Å²) in [5, 5.41) is 9.09. The monoisotopic (exact) mass is 330 g/mol. The molecule has 5 heteroatoms. The Labute approximate surface area is 136 Å². The summed E-state index contributed by atoms with van der Waals surface area (Å²) in [6.45, 7) is 1.74. The Kier molecular flexibility index (Phi) is 4.01. The molecule has 1 aliphatic rings. The Morgan fingerprint density at radius 1 is 1.04 bits per heavy atom. The third-order valence-corrected chi connectivity index (χ3v) is 4.04. The third kappa shape index (κ3) is 2.85. The second-order valence-corrected chi connectivity index (χ2v) is 5.60. The SMILES string of the molecule is CC1=C(CC(=O)O)c2cc(F)ccc2/C1=C\c1ccc(F)c(F)c1. The first-order chi connectivity index (χ1) is 11.4. The molecule has 0 amide bonds. The topological polar surface area (TPSA) is 37.3 Å². The molecule has 122 valence electrons. The van der Waals surface area contributed by atoms with Crippen LogP contribution in [0.1, 0.15) is 30.0 Å². The molecule has 0 radical (unpaired) electrons. The van der Waals surface area contributed by atoms with Gasteiger partial charge in [0, 0.05) is 0 Å². The minimum absolute atomic E-state index is 0.239. The summed E-state index contributed by atoms with van der Waals surface area (Å²) in [6, 6.07) is 7.66. The minimum Gasteiger partial charge on any atom is -0.481 e. The van der Waals surface area contributed by atoms with Gasteiger partial charge in [-0.25, -0.2) is 13.2 Å². The molecule has 0 saturated heterocycles. The number of halogens is 3. The number of fused-ring (bicyclic) bond motifs is 1. The molecule has 2 aromatic carbocycles. The maximum absolute atomic E-state index is 13.6. The van der Waals surface area contributed by atoms with Gasteiger partial charge in [-0.2, -0.15) is 0 Å². The molecule has 0 spiro atoms. The first kappa shape index (κ1) is 16.1. The van der Waals surface area contributed by atoms with Crippen molar-refractivity contribution in [2.75, 3.05) is 0 Å². The number of carboxylic acid groups (broad SMARTS) is 1. The normalized spacial score (nSPS) is 15.1. The largest absolute Gasteiger partial charge is 0.481 e. The van der Waals surface area contributed by atoms with Crippen LogP contribution in [0.2, 0.25) is 0 Å². The average Bonchev–Trinajstić information content (AvgIpc) is 2.76. The predicted molar refractivity (Wildman–Crippen MR) is 85.5 cm³/mol. The van der Waals surface area contributed by atoms with Crippen molar-refractivity contribution in [2.45, 2.75) is 13.3 Å². The van der Waals surface area contributed by atoms with E-state index in [1.165, 1.54) is 18.2 Å². The highest BCUT2D eigenvalue weighted by atomic mass is 19.2. The van der Waals surface area contributed by atoms with Crippen molar-refractivity contribution in [2.24, 2.45) is 0 Å². The fourth-order valence-electron chi connectivity index (χ4n) is 2.90. The quantitative estimate of drug-likeness (QED) is 0.868. The lowest BCUT2D eigenvalue weighted by Gasteiger charge is -2.05. The van der Waals surface area contributed by atoms with Crippen LogP contribution >= 0.6 is 0 Å². The maximum Gasteiger partial charge on any atom is 0.307 e. The number of carboxylic acids is 1. The molecular weight excluding hydrogens is 317 g/mol. The van der Waals surface area contributed by atoms with E-state index < -0.39 is 23.4 Å². The van der Waals surface area contributed by atoms with Crippen LogP contribution in [0.5, 0.6) is 0 Å². The third-order valence-electron chi connectivity index (χ3n) is 4.04. The fourth-order valence-corrected chi connectivity index (χ4v) is 2.90. The van der Waals surface area contributed by atoms with Crippen molar-refractivity contribution in [3.05, 3.63) is 76.1 Å². The first-order valence-electron chi connectivity index (χ1n) is 7.26. The van der Waals surface area contributed by atoms with E-state index in [0.29, 0.717) is 33.4 Å². The molecule has 0 bridgehead atoms. The van der Waals surface area contributed by atoms with Crippen LogP contribution in [-0.4, -0.2) is 11.1 Å². The highest BCUT2D eigenvalue weighted by molar-refractivity contribution is 6.07. The Balaban J connectivity index is 2.17. The molecule has 1 aliphatic carbocycles. The molecule has 0 aromatic heterocycles. The summed E-state index contributed by atoms with van der Waals surface area (Å²) < 4.78 is 40.0. The Bertz CT molecular complexity index is 911. The second kappa shape index (κ2) is 6.00. The Morgan fingerprint density at radius 3 is 2.46 bits per heavy atom. The second-order valence-electron chi connectivity index (χ2n) is 5.60. The van der Waals surface area contributed by atoms with Crippen molar-refractivity contribution in [1.82, 2.24) is 0 Å². The summed E-state index contributed by atoms with van der Waals surface area (Å²) in [7, 11) is 0. The van der Waals surface area contributed by atoms with Crippen molar-refractivity contribution < 1.29 is 23.1 Å². The lowest BCUT2D eigenvalue weighted by atomic mass is 10.0. The number of carbonyl (C=O) groups is 1. The van der Waals surface area contributed by atoms with E-state index >= 15 is 0 Å². The lowest BCUT2D eigenvalue weighted by Crippen LogP contribution is -1.97. The molecular formula is C19H13F3O2. The number of rotatable bonds is 3. The van der Waals surface area contributed by atoms with Gasteiger partial charge in [0.15, 0.2) is 11.6 Å². The van der Waals surface area contributed by atoms with Gasteiger partial charge < -0.3 is 5.11 Å². The van der Waals surface area contributed by atoms with Crippen LogP contribution in [0.4, 0.5) is 13.2 Å². The van der Waals surface area contributed by atoms with Crippen LogP contribution in [0.15, 0.2) is 42.0 Å². The molecule has 0 unspecified atom stereocenters. The number of hydrogen-bond donors (Lipinski definition) is 1. The molecule has 0 fully saturated rings. The first-order valence-corrected chi connectivity index (χ1v) is 7.26. The zero-order valence-electron chi connectivity index (χ0n) is 12.7. The molecule has 2 aromatic rings. The van der Waals surface area contributed by atoms with Crippen LogP contribution in [0, 0.1) is 17.5 Å². The summed E-state index contributed by atoms with van der Waals surface area (Å²) in [6.07, 6.45) is 1.40. The number of benzene rings is 2. The van der Waals surface area contributed by atoms with Crippen LogP contribution in [0.3, 0.4) is 0 Å². The molecule has 0 saturated carbocycles. The summed E-state index contributed by atoms with van der Waals surface area (Å²) in [5.41, 5.74) is 3.51. The van der Waals surface area contributed by atoms with Gasteiger partial charge in [-0.1, -0.05) is 12.1 Å². The minimum atomic E-state index is -1.02. The highest BCUT2D eigenvalue weighted by Crippen LogP contribution is 2.43. The van der Waals surface area contributed by atoms with E-state index in [-0.39, 0.29) is 6.42 Å². The van der Waals surface area contributed by atoms with E-state index in [9.17, 15) is 18.0 Å². The van der Waals surface area contributed by atoms with Gasteiger partial charge >= 0.3 is 5.97 Å². The fraction of sp³-hybridized carbons (Fsp3) is 0.105. The highest BCUT2D eigenvalue weighted by Gasteiger charge is 2.25. The summed E-state index contributed by atoms with van der Waals surface area (Å²) in [4.78, 5) is 11.1. The van der Waals surface area contributed by atoms with E-state index in [1.54, 1.807) is 19.1 Å². The van der Waals surface area contributed by atoms with Crippen molar-refractivity contribution in [3.63, 3.8) is 0 Å². The zero-order chi connectivity index (χ0) is 17.4. The van der Waals surface area contributed by atoms with E-state index in [0.717, 1.165) is 12.1 Å². The van der Waals surface area contributed by atoms with Gasteiger partial charge in [-0.05, 0) is 70.7 Å². The van der Waals surface area contributed by atoms with Gasteiger partial charge in [0.05, 0.1) is 6.42 Å². The number of allylic oxidation sites excluding steroid dienone is 2. The van der Waals surface area contributed by atoms with Crippen LogP contribution in [-0.2, 0) is 4.79 Å². The average molecular weight is 330 g/mol. The van der Waals surface area contributed by atoms with Gasteiger partial charge in [0.1, 0.15) is 5.82 Å². The molecule has 3 rings (SSSR count). The number of hydrogen-bond acceptors (Lipinski definition) is 1. The zero-order valence-corrected chi connectivity index (χ0v) is 12.7. The van der Waals surface area contributed by atoms with Crippen LogP contribution in [0.25, 0.3) is 17.2 Å². The van der Waals surface area contributed by atoms with Gasteiger partial charge in [0.25, 0.3) is 0 Å². The summed E-state index contributed by atoms with van der Waals surface area (Å²) in [5.74, 6) is -3.38. The van der Waals surface area contributed by atoms with Gasteiger partial charge in [-0.15, -0.1) is 0 Å². The van der Waals surface area contributed by atoms with Gasteiger partial charge in [0.2, 0.25) is 0 Å². The number of aliphatic carboxylic acids is 1. The van der Waals surface area contributed by atoms with Crippen molar-refractivity contribution in [3.8, 4) is 0 Å². The Hall–Kier alpha value is -2.82. The lowest BCUT2D eigenvalue weighted by molar-refractivity contribution is -0.135. The summed E-state index contributed by atoms with van der Waals surface area (Å²) >= 11 is 0. The van der Waals surface area contributed by atoms with E-state index in [2.05, 4.69) is 0 Å². The molecule has 24 heavy (non-hydrogen) atoms. The molecule has 0 heterocycles. The molecule has 1 N–H and O–H groups in total. The van der Waals surface area contributed by atoms with Crippen LogP contribution < -0.4 is 0 Å². The van der Waals surface area contributed by atoms with Crippen molar-refractivity contribution >= 4 is 23.2 Å². The molecule has 0 aliphatic heterocycles. The standard InChI is InChI=1S/C19H13F3O2/c1-10-14(6-11-2-5-17(21)18(22)7-11)13-4-3-12(20)8-16(13)15(10)9-19(23)24/h2-8H,9H2,1H3,(H,23,24)/b14-6-. The molecule has 0 atom stereocenters. The van der Waals surface area contributed by atoms with Crippen molar-refractivity contribution in [1.29, 1.82) is 0 Å². The van der Waals surface area contributed by atoms with E-state index in [1.807, 2.05) is 0 Å². The molecule has 2 nitrogen and oxygen atoms in total. The van der Waals surface area contributed by atoms with E-state index in [4.69, 9.17) is 5.11 Å². The van der Waals surface area contributed by atoms with Gasteiger partial charge in [-0.3, -0.25) is 4.79 Å². The predicted octanol–water partition coefficient (Wildman–Crippen LogP) is 4.91. The smallest absolute Gasteiger partial charge is 0.307 e.